The van der Waals surface area contributed by atoms with Crippen LogP contribution in [0.5, 0.6) is 5.75 Å². The van der Waals surface area contributed by atoms with Crippen LogP contribution in [0.25, 0.3) is 4.85 Å². The Morgan fingerprint density at radius 3 is 2.51 bits per heavy atom. The van der Waals surface area contributed by atoms with E-state index in [2.05, 4.69) is 15.5 Å². The third-order valence-electron chi connectivity index (χ3n) is 7.28. The number of nitrogens with zero attached hydrogens (tertiary/aromatic N) is 1. The molecule has 0 aliphatic carbocycles. The average Bonchev–Trinajstić information content (AvgIpc) is 3.24. The quantitative estimate of drug-likeness (QED) is 0.244. The highest BCUT2D eigenvalue weighted by molar-refractivity contribution is 6.31. The van der Waals surface area contributed by atoms with Crippen molar-refractivity contribution in [3.05, 3.63) is 104 Å². The Morgan fingerprint density at radius 2 is 1.90 bits per heavy atom. The molecule has 3 aromatic rings. The third-order valence-corrected chi connectivity index (χ3v) is 7.81. The van der Waals surface area contributed by atoms with E-state index in [1.807, 2.05) is 13.8 Å². The van der Waals surface area contributed by atoms with Gasteiger partial charge in [-0.3, -0.25) is 10.1 Å². The van der Waals surface area contributed by atoms with Crippen molar-refractivity contribution < 1.29 is 28.2 Å². The van der Waals surface area contributed by atoms with E-state index >= 15 is 8.78 Å². The topological polar surface area (TPSA) is 92.0 Å². The predicted molar refractivity (Wildman–Crippen MR) is 153 cm³/mol. The SMILES string of the molecule is [C-]#[N+][C@]1(c2ccc(Cl)cc2F)[C@H](CC(C)C)N[C@@H](C(=O)Nc2ccc(C(=O)O)cc2OC)[C@@H]1c1cccc(Cl)c1F. The lowest BCUT2D eigenvalue weighted by Crippen LogP contribution is -2.42. The minimum absolute atomic E-state index is 0.0133. The summed E-state index contributed by atoms with van der Waals surface area (Å²) >= 11 is 12.2. The molecule has 1 saturated heterocycles. The van der Waals surface area contributed by atoms with Crippen LogP contribution in [0.3, 0.4) is 0 Å². The molecule has 1 aliphatic rings. The molecule has 1 amide bonds. The molecule has 7 nitrogen and oxygen atoms in total. The number of carbonyl (C=O) groups excluding carboxylic acids is 1. The molecule has 1 fully saturated rings. The van der Waals surface area contributed by atoms with Gasteiger partial charge in [-0.15, -0.1) is 0 Å². The van der Waals surface area contributed by atoms with Gasteiger partial charge in [-0.2, -0.15) is 0 Å². The van der Waals surface area contributed by atoms with Gasteiger partial charge in [0, 0.05) is 10.6 Å². The van der Waals surface area contributed by atoms with Gasteiger partial charge in [-0.1, -0.05) is 49.2 Å². The van der Waals surface area contributed by atoms with Crippen molar-refractivity contribution in [3.63, 3.8) is 0 Å². The maximum Gasteiger partial charge on any atom is 0.335 e. The van der Waals surface area contributed by atoms with E-state index in [-0.39, 0.29) is 44.1 Å². The summed E-state index contributed by atoms with van der Waals surface area (Å²) in [5, 5.41) is 15.2. The Hall–Kier alpha value is -3.71. The first-order valence-corrected chi connectivity index (χ1v) is 13.5. The van der Waals surface area contributed by atoms with Crippen molar-refractivity contribution in [2.45, 2.75) is 43.8 Å². The first-order chi connectivity index (χ1) is 19.4. The highest BCUT2D eigenvalue weighted by atomic mass is 35.5. The average molecular weight is 602 g/mol. The van der Waals surface area contributed by atoms with Crippen LogP contribution in [0.1, 0.15) is 47.7 Å². The van der Waals surface area contributed by atoms with Crippen molar-refractivity contribution in [3.8, 4) is 5.75 Å². The molecule has 3 N–H and O–H groups in total. The second-order valence-electron chi connectivity index (χ2n) is 10.2. The number of benzene rings is 3. The zero-order valence-corrected chi connectivity index (χ0v) is 23.9. The molecule has 0 saturated carbocycles. The monoisotopic (exact) mass is 601 g/mol. The van der Waals surface area contributed by atoms with Crippen molar-refractivity contribution in [2.24, 2.45) is 5.92 Å². The van der Waals surface area contributed by atoms with Crippen LogP contribution in [0.4, 0.5) is 14.5 Å². The molecule has 3 aromatic carbocycles. The normalized spacial score (nSPS) is 21.9. The summed E-state index contributed by atoms with van der Waals surface area (Å²) in [6.45, 7) is 12.3. The van der Waals surface area contributed by atoms with Gasteiger partial charge in [0.05, 0.1) is 40.9 Å². The maximum absolute atomic E-state index is 15.7. The van der Waals surface area contributed by atoms with E-state index in [4.69, 9.17) is 34.5 Å². The van der Waals surface area contributed by atoms with Crippen molar-refractivity contribution in [2.75, 3.05) is 12.4 Å². The lowest BCUT2D eigenvalue weighted by molar-refractivity contribution is -0.118. The Bertz CT molecular complexity index is 1540. The highest BCUT2D eigenvalue weighted by Gasteiger charge is 2.66. The second-order valence-corrected chi connectivity index (χ2v) is 11.1. The van der Waals surface area contributed by atoms with Gasteiger partial charge >= 0.3 is 5.97 Å². The highest BCUT2D eigenvalue weighted by Crippen LogP contribution is 2.53. The van der Waals surface area contributed by atoms with E-state index in [1.54, 1.807) is 0 Å². The van der Waals surface area contributed by atoms with Crippen LogP contribution >= 0.6 is 23.2 Å². The molecular weight excluding hydrogens is 575 g/mol. The number of carboxylic acids is 1. The number of anilines is 1. The van der Waals surface area contributed by atoms with Gasteiger partial charge in [0.2, 0.25) is 5.91 Å². The van der Waals surface area contributed by atoms with E-state index < -0.39 is 47.1 Å². The smallest absolute Gasteiger partial charge is 0.335 e. The van der Waals surface area contributed by atoms with Gasteiger partial charge in [-0.05, 0) is 54.8 Å². The molecule has 1 heterocycles. The van der Waals surface area contributed by atoms with Crippen molar-refractivity contribution in [1.82, 2.24) is 5.32 Å². The standard InChI is InChI=1S/C30H27Cl2F2N3O4/c1-15(2)12-24-30(35-3,19-10-9-17(31)14-21(19)33)25(18-6-5-7-20(32)26(18)34)27(37-24)28(38)36-22-11-8-16(29(39)40)13-23(22)41-4/h5-11,13-15,24-25,27,37H,12H2,1-2,4H3,(H,36,38)(H,39,40)/t24-,25-,27+,30+/m0/s1. The zero-order valence-electron chi connectivity index (χ0n) is 22.3. The Balaban J connectivity index is 1.93. The van der Waals surface area contributed by atoms with E-state index in [0.717, 1.165) is 6.07 Å². The molecule has 0 radical (unpaired) electrons. The number of carbonyl (C=O) groups is 2. The number of hydrogen-bond donors (Lipinski definition) is 3. The molecular formula is C30H27Cl2F2N3O4. The Kier molecular flexibility index (Phi) is 8.88. The second kappa shape index (κ2) is 12.0. The summed E-state index contributed by atoms with van der Waals surface area (Å²) in [5.41, 5.74) is -1.73. The molecule has 1 aliphatic heterocycles. The fraction of sp³-hybridized carbons (Fsp3) is 0.300. The van der Waals surface area contributed by atoms with Gasteiger partial charge < -0.3 is 20.0 Å². The number of ether oxygens (including phenoxy) is 1. The van der Waals surface area contributed by atoms with Gasteiger partial charge in [-0.25, -0.2) is 20.1 Å². The predicted octanol–water partition coefficient (Wildman–Crippen LogP) is 6.90. The molecule has 4 atom stereocenters. The molecule has 11 heteroatoms. The number of rotatable bonds is 8. The minimum atomic E-state index is -1.77. The lowest BCUT2D eigenvalue weighted by Gasteiger charge is -2.31. The minimum Gasteiger partial charge on any atom is -0.495 e. The largest absolute Gasteiger partial charge is 0.495 e. The van der Waals surface area contributed by atoms with Crippen LogP contribution in [-0.2, 0) is 10.3 Å². The van der Waals surface area contributed by atoms with Crippen LogP contribution in [0.15, 0.2) is 54.6 Å². The molecule has 0 bridgehead atoms. The number of methoxy groups -OCH3 is 1. The van der Waals surface area contributed by atoms with E-state index in [9.17, 15) is 14.7 Å². The van der Waals surface area contributed by atoms with Gasteiger partial charge in [0.25, 0.3) is 5.54 Å². The summed E-state index contributed by atoms with van der Waals surface area (Å²) in [4.78, 5) is 29.4. The fourth-order valence-corrected chi connectivity index (χ4v) is 5.89. The number of carboxylic acid groups (broad SMARTS) is 1. The first-order valence-electron chi connectivity index (χ1n) is 12.7. The van der Waals surface area contributed by atoms with Crippen molar-refractivity contribution >= 4 is 40.8 Å². The number of hydrogen-bond acceptors (Lipinski definition) is 4. The summed E-state index contributed by atoms with van der Waals surface area (Å²) in [6.07, 6.45) is 0.351. The zero-order chi connectivity index (χ0) is 30.1. The summed E-state index contributed by atoms with van der Waals surface area (Å²) in [6, 6.07) is 10.1. The van der Waals surface area contributed by atoms with Crippen LogP contribution in [0.2, 0.25) is 10.0 Å². The number of aromatic carboxylic acids is 1. The number of nitrogens with one attached hydrogen (secondary N) is 2. The summed E-state index contributed by atoms with van der Waals surface area (Å²) in [7, 11) is 1.32. The van der Waals surface area contributed by atoms with Crippen LogP contribution < -0.4 is 15.4 Å². The Morgan fingerprint density at radius 1 is 1.17 bits per heavy atom. The lowest BCUT2D eigenvalue weighted by atomic mass is 9.69. The summed E-state index contributed by atoms with van der Waals surface area (Å²) < 4.78 is 36.7. The molecule has 0 unspecified atom stereocenters. The molecule has 214 valence electrons. The summed E-state index contributed by atoms with van der Waals surface area (Å²) in [5.74, 6) is -4.57. The molecule has 4 rings (SSSR count). The fourth-order valence-electron chi connectivity index (χ4n) is 5.55. The number of halogens is 4. The van der Waals surface area contributed by atoms with Gasteiger partial charge in [0.1, 0.15) is 23.4 Å². The number of amides is 1. The molecule has 0 spiro atoms. The molecule has 0 aromatic heterocycles. The van der Waals surface area contributed by atoms with Crippen molar-refractivity contribution in [1.29, 1.82) is 0 Å². The van der Waals surface area contributed by atoms with E-state index in [0.29, 0.717) is 6.42 Å². The third kappa shape index (κ3) is 5.60. The molecule has 41 heavy (non-hydrogen) atoms. The maximum atomic E-state index is 15.7. The van der Waals surface area contributed by atoms with Gasteiger partial charge in [0.15, 0.2) is 0 Å². The van der Waals surface area contributed by atoms with Crippen LogP contribution in [0, 0.1) is 24.1 Å². The van der Waals surface area contributed by atoms with E-state index in [1.165, 1.54) is 55.6 Å². The Labute approximate surface area is 246 Å². The first kappa shape index (κ1) is 30.3. The van der Waals surface area contributed by atoms with Crippen LogP contribution in [-0.4, -0.2) is 36.2 Å².